The summed E-state index contributed by atoms with van der Waals surface area (Å²) in [7, 11) is 0. The molecule has 0 aromatic carbocycles. The lowest BCUT2D eigenvalue weighted by Gasteiger charge is -2.26. The Balaban J connectivity index is 2.15. The highest BCUT2D eigenvalue weighted by molar-refractivity contribution is 5.84. The average Bonchev–Trinajstić information content (AvgIpc) is 2.55. The summed E-state index contributed by atoms with van der Waals surface area (Å²) in [4.78, 5) is 12.1. The van der Waals surface area contributed by atoms with E-state index in [-0.39, 0.29) is 5.56 Å². The van der Waals surface area contributed by atoms with E-state index in [9.17, 15) is 4.79 Å². The topological polar surface area (TPSA) is 95.9 Å². The minimum absolute atomic E-state index is 0.1000. The van der Waals surface area contributed by atoms with Crippen molar-refractivity contribution in [1.29, 1.82) is 5.41 Å². The van der Waals surface area contributed by atoms with Gasteiger partial charge in [0.25, 0.3) is 5.56 Å². The van der Waals surface area contributed by atoms with E-state index in [4.69, 9.17) is 11.1 Å². The standard InChI is InChI=1S/C17H27N5O/c1-13(20-15-6-3-2-4-7-15)21-17-14(12-19)8-9-16(23)22(17)11-5-10-18/h8-9,12,15,19-21H,1-7,10-11,18H2. The van der Waals surface area contributed by atoms with Gasteiger partial charge < -0.3 is 21.8 Å². The second-order valence-corrected chi connectivity index (χ2v) is 6.00. The van der Waals surface area contributed by atoms with E-state index in [0.717, 1.165) is 12.8 Å². The van der Waals surface area contributed by atoms with Crippen molar-refractivity contribution in [3.63, 3.8) is 0 Å². The fourth-order valence-corrected chi connectivity index (χ4v) is 3.00. The molecule has 1 aromatic heterocycles. The first-order valence-corrected chi connectivity index (χ1v) is 8.32. The maximum atomic E-state index is 12.1. The van der Waals surface area contributed by atoms with Crippen molar-refractivity contribution in [1.82, 2.24) is 9.88 Å². The van der Waals surface area contributed by atoms with Crippen LogP contribution in [0.3, 0.4) is 0 Å². The third-order valence-corrected chi connectivity index (χ3v) is 4.21. The summed E-state index contributed by atoms with van der Waals surface area (Å²) in [6, 6.07) is 3.57. The van der Waals surface area contributed by atoms with Crippen LogP contribution in [0.25, 0.3) is 0 Å². The minimum atomic E-state index is -0.1000. The number of nitrogens with zero attached hydrogens (tertiary/aromatic N) is 1. The number of hydrogen-bond acceptors (Lipinski definition) is 5. The first-order valence-electron chi connectivity index (χ1n) is 8.32. The molecule has 0 unspecified atom stereocenters. The summed E-state index contributed by atoms with van der Waals surface area (Å²) in [6.07, 6.45) is 8.02. The predicted octanol–water partition coefficient (Wildman–Crippen LogP) is 2.00. The van der Waals surface area contributed by atoms with Gasteiger partial charge in [0.05, 0.1) is 5.82 Å². The van der Waals surface area contributed by atoms with Crippen LogP contribution in [0.2, 0.25) is 0 Å². The maximum absolute atomic E-state index is 12.1. The summed E-state index contributed by atoms with van der Waals surface area (Å²) >= 11 is 0. The molecule has 0 amide bonds. The van der Waals surface area contributed by atoms with E-state index < -0.39 is 0 Å². The van der Waals surface area contributed by atoms with Gasteiger partial charge in [-0.25, -0.2) is 0 Å². The molecule has 2 rings (SSSR count). The number of anilines is 1. The SMILES string of the molecule is C=C(Nc1c(C=N)ccc(=O)n1CCCN)NC1CCCCC1. The fourth-order valence-electron chi connectivity index (χ4n) is 3.00. The van der Waals surface area contributed by atoms with Crippen LogP contribution in [0.4, 0.5) is 5.82 Å². The molecule has 0 aliphatic heterocycles. The smallest absolute Gasteiger partial charge is 0.252 e. The summed E-state index contributed by atoms with van der Waals surface area (Å²) in [5, 5.41) is 14.2. The normalized spacial score (nSPS) is 15.2. The van der Waals surface area contributed by atoms with E-state index in [1.165, 1.54) is 31.5 Å². The molecule has 0 spiro atoms. The molecule has 23 heavy (non-hydrogen) atoms. The molecule has 1 aliphatic rings. The largest absolute Gasteiger partial charge is 0.369 e. The molecule has 6 heteroatoms. The van der Waals surface area contributed by atoms with Gasteiger partial charge >= 0.3 is 0 Å². The Kier molecular flexibility index (Phi) is 6.40. The zero-order valence-electron chi connectivity index (χ0n) is 13.6. The van der Waals surface area contributed by atoms with Crippen LogP contribution in [0.15, 0.2) is 29.3 Å². The lowest BCUT2D eigenvalue weighted by atomic mass is 9.96. The van der Waals surface area contributed by atoms with E-state index in [1.54, 1.807) is 10.6 Å². The number of pyridine rings is 1. The van der Waals surface area contributed by atoms with Crippen molar-refractivity contribution < 1.29 is 0 Å². The highest BCUT2D eigenvalue weighted by Crippen LogP contribution is 2.19. The van der Waals surface area contributed by atoms with Crippen molar-refractivity contribution in [2.24, 2.45) is 5.73 Å². The molecule has 0 atom stereocenters. The van der Waals surface area contributed by atoms with Gasteiger partial charge in [0.15, 0.2) is 0 Å². The molecular weight excluding hydrogens is 290 g/mol. The molecule has 0 bridgehead atoms. The van der Waals surface area contributed by atoms with Crippen LogP contribution in [0.5, 0.6) is 0 Å². The molecular formula is C17H27N5O. The Bertz CT molecular complexity index is 601. The molecule has 6 nitrogen and oxygen atoms in total. The zero-order chi connectivity index (χ0) is 16.7. The molecule has 5 N–H and O–H groups in total. The first-order chi connectivity index (χ1) is 11.2. The first kappa shape index (κ1) is 17.3. The summed E-state index contributed by atoms with van der Waals surface area (Å²) in [5.41, 5.74) is 6.12. The predicted molar refractivity (Wildman–Crippen MR) is 95.0 cm³/mol. The molecule has 1 heterocycles. The number of aromatic nitrogens is 1. The van der Waals surface area contributed by atoms with E-state index in [2.05, 4.69) is 17.2 Å². The maximum Gasteiger partial charge on any atom is 0.252 e. The van der Waals surface area contributed by atoms with Gasteiger partial charge in [-0.15, -0.1) is 0 Å². The van der Waals surface area contributed by atoms with Crippen molar-refractivity contribution in [3.8, 4) is 0 Å². The lowest BCUT2D eigenvalue weighted by Crippen LogP contribution is -2.34. The molecule has 1 saturated carbocycles. The Labute approximate surface area is 137 Å². The molecule has 0 radical (unpaired) electrons. The van der Waals surface area contributed by atoms with E-state index >= 15 is 0 Å². The Morgan fingerprint density at radius 1 is 1.39 bits per heavy atom. The van der Waals surface area contributed by atoms with Crippen LogP contribution in [0.1, 0.15) is 44.1 Å². The molecule has 1 aliphatic carbocycles. The number of hydrogen-bond donors (Lipinski definition) is 4. The fraction of sp³-hybridized carbons (Fsp3) is 0.529. The van der Waals surface area contributed by atoms with Gasteiger partial charge in [0.1, 0.15) is 5.82 Å². The van der Waals surface area contributed by atoms with Crippen LogP contribution in [-0.4, -0.2) is 23.4 Å². The molecule has 0 saturated heterocycles. The van der Waals surface area contributed by atoms with Crippen molar-refractivity contribution >= 4 is 12.0 Å². The van der Waals surface area contributed by atoms with Gasteiger partial charge in [0.2, 0.25) is 0 Å². The van der Waals surface area contributed by atoms with Crippen LogP contribution in [-0.2, 0) is 6.54 Å². The number of nitrogens with two attached hydrogens (primary N) is 1. The average molecular weight is 317 g/mol. The quantitative estimate of drug-likeness (QED) is 0.551. The second kappa shape index (κ2) is 8.53. The third-order valence-electron chi connectivity index (χ3n) is 4.21. The third kappa shape index (κ3) is 4.69. The van der Waals surface area contributed by atoms with Gasteiger partial charge in [0, 0.05) is 30.4 Å². The van der Waals surface area contributed by atoms with Crippen molar-refractivity contribution in [2.75, 3.05) is 11.9 Å². The second-order valence-electron chi connectivity index (χ2n) is 6.00. The Morgan fingerprint density at radius 3 is 2.78 bits per heavy atom. The van der Waals surface area contributed by atoms with Crippen LogP contribution >= 0.6 is 0 Å². The van der Waals surface area contributed by atoms with Gasteiger partial charge in [-0.3, -0.25) is 9.36 Å². The Hall–Kier alpha value is -2.08. The molecule has 126 valence electrons. The lowest BCUT2D eigenvalue weighted by molar-refractivity contribution is 0.397. The molecule has 1 fully saturated rings. The summed E-state index contributed by atoms with van der Waals surface area (Å²) in [6.45, 7) is 5.07. The number of rotatable bonds is 8. The molecule has 1 aromatic rings. The summed E-state index contributed by atoms with van der Waals surface area (Å²) < 4.78 is 1.63. The zero-order valence-corrected chi connectivity index (χ0v) is 13.6. The monoisotopic (exact) mass is 317 g/mol. The summed E-state index contributed by atoms with van der Waals surface area (Å²) in [5.74, 6) is 1.28. The van der Waals surface area contributed by atoms with E-state index in [1.807, 2.05) is 0 Å². The minimum Gasteiger partial charge on any atom is -0.369 e. The van der Waals surface area contributed by atoms with Crippen molar-refractivity contribution in [2.45, 2.75) is 51.1 Å². The highest BCUT2D eigenvalue weighted by atomic mass is 16.1. The van der Waals surface area contributed by atoms with Gasteiger partial charge in [-0.1, -0.05) is 25.8 Å². The number of nitrogens with one attached hydrogen (secondary N) is 3. The van der Waals surface area contributed by atoms with E-state index in [0.29, 0.717) is 42.8 Å². The highest BCUT2D eigenvalue weighted by Gasteiger charge is 2.15. The van der Waals surface area contributed by atoms with Gasteiger partial charge in [-0.05, 0) is 31.9 Å². The van der Waals surface area contributed by atoms with Gasteiger partial charge in [-0.2, -0.15) is 0 Å². The van der Waals surface area contributed by atoms with Crippen LogP contribution in [0, 0.1) is 5.41 Å². The Morgan fingerprint density at radius 2 is 2.13 bits per heavy atom. The van der Waals surface area contributed by atoms with Crippen LogP contribution < -0.4 is 21.9 Å². The van der Waals surface area contributed by atoms with Crippen molar-refractivity contribution in [3.05, 3.63) is 40.4 Å².